The summed E-state index contributed by atoms with van der Waals surface area (Å²) in [5.41, 5.74) is 4.75. The van der Waals surface area contributed by atoms with Gasteiger partial charge >= 0.3 is 0 Å². The molecule has 0 fully saturated rings. The molecule has 3 rings (SSSR count). The second-order valence-electron chi connectivity index (χ2n) is 5.79. The van der Waals surface area contributed by atoms with Crippen LogP contribution < -0.4 is 10.2 Å². The molecule has 0 radical (unpaired) electrons. The number of amides is 1. The molecule has 0 saturated carbocycles. The minimum atomic E-state index is -0.325. The lowest BCUT2D eigenvalue weighted by Crippen LogP contribution is -2.17. The van der Waals surface area contributed by atoms with Crippen LogP contribution in [0.15, 0.2) is 80.8 Å². The normalized spacial score (nSPS) is 10.8. The zero-order valence-electron chi connectivity index (χ0n) is 14.5. The monoisotopic (exact) mass is 520 g/mol. The van der Waals surface area contributed by atoms with Crippen LogP contribution in [0.2, 0.25) is 5.02 Å². The molecule has 1 N–H and O–H groups in total. The Morgan fingerprint density at radius 1 is 1.07 bits per heavy atom. The number of hydrogen-bond acceptors (Lipinski definition) is 3. The molecule has 0 atom stereocenters. The Bertz CT molecular complexity index is 993. The van der Waals surface area contributed by atoms with Crippen molar-refractivity contribution in [2.24, 2.45) is 5.10 Å². The molecule has 0 aliphatic rings. The topological polar surface area (TPSA) is 50.7 Å². The van der Waals surface area contributed by atoms with Crippen LogP contribution in [0.3, 0.4) is 0 Å². The molecule has 7 heteroatoms. The molecule has 0 bridgehead atoms. The first kappa shape index (κ1) is 20.6. The van der Waals surface area contributed by atoms with Crippen molar-refractivity contribution in [2.45, 2.75) is 6.61 Å². The lowest BCUT2D eigenvalue weighted by atomic mass is 10.2. The summed E-state index contributed by atoms with van der Waals surface area (Å²) < 4.78 is 7.62. The molecule has 0 aliphatic carbocycles. The van der Waals surface area contributed by atoms with Crippen LogP contribution in [0.1, 0.15) is 21.5 Å². The molecule has 3 aromatic rings. The molecule has 0 unspecified atom stereocenters. The molecule has 142 valence electrons. The largest absolute Gasteiger partial charge is 0.487 e. The lowest BCUT2D eigenvalue weighted by molar-refractivity contribution is 0.0955. The first-order chi connectivity index (χ1) is 13.5. The van der Waals surface area contributed by atoms with Gasteiger partial charge in [-0.1, -0.05) is 57.9 Å². The predicted molar refractivity (Wildman–Crippen MR) is 119 cm³/mol. The first-order valence-electron chi connectivity index (χ1n) is 8.27. The summed E-state index contributed by atoms with van der Waals surface area (Å²) in [7, 11) is 0. The van der Waals surface area contributed by atoms with E-state index >= 15 is 0 Å². The third-order valence-corrected chi connectivity index (χ3v) is 5.04. The highest BCUT2D eigenvalue weighted by atomic mass is 79.9. The third kappa shape index (κ3) is 5.67. The van der Waals surface area contributed by atoms with Crippen LogP contribution in [-0.2, 0) is 6.61 Å². The lowest BCUT2D eigenvalue weighted by Gasteiger charge is -2.12. The summed E-state index contributed by atoms with van der Waals surface area (Å²) in [5.74, 6) is 0.310. The van der Waals surface area contributed by atoms with Crippen molar-refractivity contribution in [3.05, 3.63) is 97.4 Å². The van der Waals surface area contributed by atoms with E-state index < -0.39 is 0 Å². The van der Waals surface area contributed by atoms with Crippen molar-refractivity contribution in [3.8, 4) is 5.75 Å². The maximum Gasteiger partial charge on any atom is 0.271 e. The molecule has 0 spiro atoms. The molecule has 0 aliphatic heterocycles. The van der Waals surface area contributed by atoms with Gasteiger partial charge in [0, 0.05) is 20.6 Å². The summed E-state index contributed by atoms with van der Waals surface area (Å²) in [4.78, 5) is 12.2. The Kier molecular flexibility index (Phi) is 7.25. The summed E-state index contributed by atoms with van der Waals surface area (Å²) in [5, 5.41) is 4.63. The number of rotatable bonds is 6. The minimum Gasteiger partial charge on any atom is -0.487 e. The van der Waals surface area contributed by atoms with E-state index in [1.54, 1.807) is 30.5 Å². The summed E-state index contributed by atoms with van der Waals surface area (Å²) in [6.07, 6.45) is 1.55. The van der Waals surface area contributed by atoms with Crippen LogP contribution in [0.25, 0.3) is 0 Å². The number of hydrazone groups is 1. The zero-order valence-corrected chi connectivity index (χ0v) is 18.5. The van der Waals surface area contributed by atoms with Gasteiger partial charge in [0.05, 0.1) is 10.7 Å². The minimum absolute atomic E-state index is 0.325. The molecular weight excluding hydrogens is 508 g/mol. The number of nitrogens with zero attached hydrogens (tertiary/aromatic N) is 1. The third-order valence-electron chi connectivity index (χ3n) is 3.74. The molecule has 0 saturated heterocycles. The van der Waals surface area contributed by atoms with Crippen LogP contribution in [0, 0.1) is 0 Å². The van der Waals surface area contributed by atoms with E-state index in [9.17, 15) is 4.79 Å². The Labute approximate surface area is 184 Å². The van der Waals surface area contributed by atoms with Crippen LogP contribution >= 0.6 is 43.5 Å². The SMILES string of the molecule is O=C(N/N=C/c1cc(Br)cc(Br)c1OCc1ccccc1)c1ccc(Cl)cc1. The van der Waals surface area contributed by atoms with Gasteiger partial charge in [-0.15, -0.1) is 0 Å². The highest BCUT2D eigenvalue weighted by Gasteiger charge is 2.10. The molecule has 4 nitrogen and oxygen atoms in total. The predicted octanol–water partition coefficient (Wildman–Crippen LogP) is 6.21. The van der Waals surface area contributed by atoms with Crippen LogP contribution in [0.4, 0.5) is 0 Å². The standard InChI is InChI=1S/C21H15Br2ClN2O2/c22-17-10-16(12-25-26-21(27)15-6-8-18(24)9-7-15)20(19(23)11-17)28-13-14-4-2-1-3-5-14/h1-12H,13H2,(H,26,27)/b25-12+. The van der Waals surface area contributed by atoms with Crippen molar-refractivity contribution in [2.75, 3.05) is 0 Å². The van der Waals surface area contributed by atoms with E-state index in [4.69, 9.17) is 16.3 Å². The van der Waals surface area contributed by atoms with Gasteiger partial charge in [0.25, 0.3) is 5.91 Å². The van der Waals surface area contributed by atoms with Crippen molar-refractivity contribution < 1.29 is 9.53 Å². The van der Waals surface area contributed by atoms with Gasteiger partial charge in [0.15, 0.2) is 0 Å². The fraction of sp³-hybridized carbons (Fsp3) is 0.0476. The van der Waals surface area contributed by atoms with Gasteiger partial charge in [-0.3, -0.25) is 4.79 Å². The Balaban J connectivity index is 1.74. The van der Waals surface area contributed by atoms with Gasteiger partial charge in [0.1, 0.15) is 12.4 Å². The smallest absolute Gasteiger partial charge is 0.271 e. The first-order valence-corrected chi connectivity index (χ1v) is 10.2. The van der Waals surface area contributed by atoms with Crippen molar-refractivity contribution >= 4 is 55.6 Å². The van der Waals surface area contributed by atoms with Gasteiger partial charge in [-0.05, 0) is 57.9 Å². The van der Waals surface area contributed by atoms with E-state index in [0.29, 0.717) is 28.5 Å². The fourth-order valence-corrected chi connectivity index (χ4v) is 3.88. The quantitative estimate of drug-likeness (QED) is 0.309. The van der Waals surface area contributed by atoms with Crippen LogP contribution in [0.5, 0.6) is 5.75 Å². The number of carbonyl (C=O) groups is 1. The van der Waals surface area contributed by atoms with Crippen LogP contribution in [-0.4, -0.2) is 12.1 Å². The second kappa shape index (κ2) is 9.87. The van der Waals surface area contributed by atoms with E-state index in [0.717, 1.165) is 14.5 Å². The maximum atomic E-state index is 12.2. The Morgan fingerprint density at radius 2 is 1.79 bits per heavy atom. The molecule has 0 heterocycles. The van der Waals surface area contributed by atoms with Crippen molar-refractivity contribution in [1.82, 2.24) is 5.43 Å². The van der Waals surface area contributed by atoms with Gasteiger partial charge in [0.2, 0.25) is 0 Å². The molecule has 28 heavy (non-hydrogen) atoms. The average molecular weight is 523 g/mol. The van der Waals surface area contributed by atoms with Crippen molar-refractivity contribution in [3.63, 3.8) is 0 Å². The second-order valence-corrected chi connectivity index (χ2v) is 7.99. The molecule has 1 amide bonds. The summed E-state index contributed by atoms with van der Waals surface area (Å²) in [6.45, 7) is 0.416. The van der Waals surface area contributed by atoms with E-state index in [2.05, 4.69) is 42.4 Å². The van der Waals surface area contributed by atoms with Crippen molar-refractivity contribution in [1.29, 1.82) is 0 Å². The molecule has 3 aromatic carbocycles. The fourth-order valence-electron chi connectivity index (χ4n) is 2.38. The summed E-state index contributed by atoms with van der Waals surface area (Å²) >= 11 is 12.8. The number of carbonyl (C=O) groups excluding carboxylic acids is 1. The number of halogens is 3. The van der Waals surface area contributed by atoms with Gasteiger partial charge in [-0.2, -0.15) is 5.10 Å². The number of nitrogens with one attached hydrogen (secondary N) is 1. The van der Waals surface area contributed by atoms with E-state index in [1.165, 1.54) is 0 Å². The Morgan fingerprint density at radius 3 is 2.50 bits per heavy atom. The van der Waals surface area contributed by atoms with Gasteiger partial charge < -0.3 is 4.74 Å². The average Bonchev–Trinajstić information content (AvgIpc) is 2.68. The summed E-state index contributed by atoms with van der Waals surface area (Å²) in [6, 6.07) is 20.2. The molecular formula is C21H15Br2ClN2O2. The highest BCUT2D eigenvalue weighted by molar-refractivity contribution is 9.11. The zero-order chi connectivity index (χ0) is 19.9. The van der Waals surface area contributed by atoms with E-state index in [-0.39, 0.29) is 5.91 Å². The maximum absolute atomic E-state index is 12.2. The Hall–Kier alpha value is -2.15. The number of ether oxygens (including phenoxy) is 1. The number of hydrogen-bond donors (Lipinski definition) is 1. The highest BCUT2D eigenvalue weighted by Crippen LogP contribution is 2.32. The van der Waals surface area contributed by atoms with Gasteiger partial charge in [-0.25, -0.2) is 5.43 Å². The molecule has 0 aromatic heterocycles. The van der Waals surface area contributed by atoms with E-state index in [1.807, 2.05) is 42.5 Å². The number of benzene rings is 3.